The van der Waals surface area contributed by atoms with Crippen molar-refractivity contribution < 1.29 is 4.39 Å². The molecule has 1 N–H and O–H groups in total. The minimum Gasteiger partial charge on any atom is -0.357 e. The predicted octanol–water partition coefficient (Wildman–Crippen LogP) is 3.51. The van der Waals surface area contributed by atoms with Gasteiger partial charge in [0, 0.05) is 26.2 Å². The van der Waals surface area contributed by atoms with E-state index in [0.717, 1.165) is 16.0 Å². The van der Waals surface area contributed by atoms with Gasteiger partial charge in [0.2, 0.25) is 5.95 Å². The molecule has 0 aliphatic carbocycles. The van der Waals surface area contributed by atoms with Crippen LogP contribution in [-0.2, 0) is 6.54 Å². The minimum absolute atomic E-state index is 0.200. The van der Waals surface area contributed by atoms with E-state index in [1.54, 1.807) is 30.5 Å². The second kappa shape index (κ2) is 5.65. The first-order valence-corrected chi connectivity index (χ1v) is 7.44. The molecule has 3 rings (SSSR count). The molecule has 2 aromatic heterocycles. The summed E-state index contributed by atoms with van der Waals surface area (Å²) in [5.74, 6) is 1.17. The number of fused-ring (bicyclic) bond motifs is 1. The maximum atomic E-state index is 13.8. The highest BCUT2D eigenvalue weighted by Crippen LogP contribution is 2.29. The summed E-state index contributed by atoms with van der Waals surface area (Å²) in [4.78, 5) is 11.8. The lowest BCUT2D eigenvalue weighted by molar-refractivity contribution is 0.607. The van der Waals surface area contributed by atoms with Gasteiger partial charge in [0.25, 0.3) is 0 Å². The summed E-state index contributed by atoms with van der Waals surface area (Å²) in [6.45, 7) is 0.456. The molecule has 2 heterocycles. The summed E-state index contributed by atoms with van der Waals surface area (Å²) < 4.78 is 13.8. The van der Waals surface area contributed by atoms with E-state index in [4.69, 9.17) is 0 Å². The molecule has 21 heavy (non-hydrogen) atoms. The van der Waals surface area contributed by atoms with Crippen molar-refractivity contribution in [2.45, 2.75) is 6.54 Å². The number of nitrogens with zero attached hydrogens (tertiary/aromatic N) is 3. The number of nitrogens with one attached hydrogen (secondary N) is 1. The Morgan fingerprint density at radius 1 is 1.24 bits per heavy atom. The van der Waals surface area contributed by atoms with E-state index in [1.165, 1.54) is 6.07 Å². The Hall–Kier alpha value is -2.21. The third kappa shape index (κ3) is 2.67. The van der Waals surface area contributed by atoms with Crippen molar-refractivity contribution in [3.63, 3.8) is 0 Å². The molecule has 0 amide bonds. The average Bonchev–Trinajstić information content (AvgIpc) is 2.96. The number of hydrogen-bond acceptors (Lipinski definition) is 5. The summed E-state index contributed by atoms with van der Waals surface area (Å²) in [7, 11) is 3.70. The number of aromatic nitrogens is 2. The van der Waals surface area contributed by atoms with Crippen molar-refractivity contribution in [1.82, 2.24) is 9.97 Å². The van der Waals surface area contributed by atoms with Gasteiger partial charge in [0.1, 0.15) is 16.5 Å². The standard InChI is InChI=1S/C15H15FN4S/c1-17-15-18-13(11-7-8-21-14(11)19-15)20(2)9-10-5-3-4-6-12(10)16/h3-8H,9H2,1-2H3,(H,17,18,19). The van der Waals surface area contributed by atoms with Crippen LogP contribution < -0.4 is 10.2 Å². The summed E-state index contributed by atoms with van der Waals surface area (Å²) in [5, 5.41) is 5.93. The van der Waals surface area contributed by atoms with E-state index >= 15 is 0 Å². The van der Waals surface area contributed by atoms with Crippen molar-refractivity contribution in [1.29, 1.82) is 0 Å². The van der Waals surface area contributed by atoms with Crippen LogP contribution in [0.5, 0.6) is 0 Å². The molecule has 3 aromatic rings. The lowest BCUT2D eigenvalue weighted by atomic mass is 10.2. The Labute approximate surface area is 126 Å². The van der Waals surface area contributed by atoms with Crippen LogP contribution in [0.25, 0.3) is 10.2 Å². The van der Waals surface area contributed by atoms with Crippen molar-refractivity contribution >= 4 is 33.3 Å². The van der Waals surface area contributed by atoms with Crippen molar-refractivity contribution in [2.75, 3.05) is 24.3 Å². The van der Waals surface area contributed by atoms with E-state index in [2.05, 4.69) is 15.3 Å². The summed E-state index contributed by atoms with van der Waals surface area (Å²) in [6, 6.07) is 8.79. The molecule has 0 saturated heterocycles. The van der Waals surface area contributed by atoms with Crippen molar-refractivity contribution in [2.24, 2.45) is 0 Å². The Kier molecular flexibility index (Phi) is 3.70. The number of thiophene rings is 1. The van der Waals surface area contributed by atoms with Gasteiger partial charge >= 0.3 is 0 Å². The molecule has 0 unspecified atom stereocenters. The van der Waals surface area contributed by atoms with Crippen molar-refractivity contribution in [3.05, 3.63) is 47.1 Å². The fourth-order valence-electron chi connectivity index (χ4n) is 2.20. The van der Waals surface area contributed by atoms with E-state index in [0.29, 0.717) is 18.1 Å². The maximum Gasteiger partial charge on any atom is 0.225 e. The van der Waals surface area contributed by atoms with E-state index < -0.39 is 0 Å². The third-order valence-electron chi connectivity index (χ3n) is 3.26. The fraction of sp³-hybridized carbons (Fsp3) is 0.200. The first kappa shape index (κ1) is 13.8. The van der Waals surface area contributed by atoms with Crippen LogP contribution in [-0.4, -0.2) is 24.1 Å². The van der Waals surface area contributed by atoms with E-state index in [9.17, 15) is 4.39 Å². The van der Waals surface area contributed by atoms with Gasteiger partial charge in [-0.25, -0.2) is 9.37 Å². The molecule has 0 fully saturated rings. The van der Waals surface area contributed by atoms with Crippen LogP contribution in [0.3, 0.4) is 0 Å². The molecule has 1 aromatic carbocycles. The van der Waals surface area contributed by atoms with Gasteiger partial charge in [0.15, 0.2) is 0 Å². The third-order valence-corrected chi connectivity index (χ3v) is 4.06. The van der Waals surface area contributed by atoms with Gasteiger partial charge in [-0.3, -0.25) is 0 Å². The highest BCUT2D eigenvalue weighted by atomic mass is 32.1. The first-order chi connectivity index (χ1) is 10.2. The van der Waals surface area contributed by atoms with Crippen LogP contribution in [0.15, 0.2) is 35.7 Å². The Balaban J connectivity index is 1.99. The molecular formula is C15H15FN4S. The zero-order valence-corrected chi connectivity index (χ0v) is 12.6. The number of halogens is 1. The molecular weight excluding hydrogens is 287 g/mol. The smallest absolute Gasteiger partial charge is 0.225 e. The molecule has 0 spiro atoms. The van der Waals surface area contributed by atoms with Crippen LogP contribution >= 0.6 is 11.3 Å². The zero-order chi connectivity index (χ0) is 14.8. The highest BCUT2D eigenvalue weighted by molar-refractivity contribution is 7.16. The van der Waals surface area contributed by atoms with Crippen LogP contribution in [0.4, 0.5) is 16.2 Å². The second-order valence-corrected chi connectivity index (χ2v) is 5.60. The average molecular weight is 302 g/mol. The topological polar surface area (TPSA) is 41.1 Å². The minimum atomic E-state index is -0.200. The van der Waals surface area contributed by atoms with Crippen molar-refractivity contribution in [3.8, 4) is 0 Å². The largest absolute Gasteiger partial charge is 0.357 e. The molecule has 0 aliphatic rings. The SMILES string of the molecule is CNc1nc(N(C)Cc2ccccc2F)c2ccsc2n1. The second-order valence-electron chi connectivity index (χ2n) is 4.71. The summed E-state index contributed by atoms with van der Waals surface area (Å²) in [5.41, 5.74) is 0.646. The monoisotopic (exact) mass is 302 g/mol. The van der Waals surface area contributed by atoms with E-state index in [-0.39, 0.29) is 5.82 Å². The Bertz CT molecular complexity index is 771. The Morgan fingerprint density at radius 3 is 2.81 bits per heavy atom. The van der Waals surface area contributed by atoms with Crippen LogP contribution in [0.1, 0.15) is 5.56 Å². The predicted molar refractivity (Wildman–Crippen MR) is 85.5 cm³/mol. The number of benzene rings is 1. The number of hydrogen-bond donors (Lipinski definition) is 1. The normalized spacial score (nSPS) is 10.8. The van der Waals surface area contributed by atoms with Gasteiger partial charge in [-0.05, 0) is 17.5 Å². The van der Waals surface area contributed by atoms with Gasteiger partial charge in [-0.1, -0.05) is 18.2 Å². The van der Waals surface area contributed by atoms with Crippen LogP contribution in [0.2, 0.25) is 0 Å². The van der Waals surface area contributed by atoms with E-state index in [1.807, 2.05) is 29.5 Å². The summed E-state index contributed by atoms with van der Waals surface area (Å²) in [6.07, 6.45) is 0. The first-order valence-electron chi connectivity index (χ1n) is 6.56. The lowest BCUT2D eigenvalue weighted by Crippen LogP contribution is -2.19. The van der Waals surface area contributed by atoms with Crippen LogP contribution in [0, 0.1) is 5.82 Å². The quantitative estimate of drug-likeness (QED) is 0.801. The molecule has 0 aliphatic heterocycles. The highest BCUT2D eigenvalue weighted by Gasteiger charge is 2.13. The lowest BCUT2D eigenvalue weighted by Gasteiger charge is -2.20. The fourth-order valence-corrected chi connectivity index (χ4v) is 2.96. The zero-order valence-electron chi connectivity index (χ0n) is 11.8. The number of rotatable bonds is 4. The summed E-state index contributed by atoms with van der Waals surface area (Å²) >= 11 is 1.57. The number of anilines is 2. The molecule has 0 radical (unpaired) electrons. The maximum absolute atomic E-state index is 13.8. The Morgan fingerprint density at radius 2 is 2.05 bits per heavy atom. The van der Waals surface area contributed by atoms with Gasteiger partial charge in [-0.15, -0.1) is 11.3 Å². The molecule has 6 heteroatoms. The van der Waals surface area contributed by atoms with Gasteiger partial charge < -0.3 is 10.2 Å². The van der Waals surface area contributed by atoms with Gasteiger partial charge in [0.05, 0.1) is 5.39 Å². The molecule has 0 saturated carbocycles. The van der Waals surface area contributed by atoms with Gasteiger partial charge in [-0.2, -0.15) is 4.98 Å². The molecule has 0 atom stereocenters. The molecule has 4 nitrogen and oxygen atoms in total. The molecule has 108 valence electrons. The molecule has 0 bridgehead atoms.